The van der Waals surface area contributed by atoms with Gasteiger partial charge in [-0.3, -0.25) is 0 Å². The maximum Gasteiger partial charge on any atom is 0.160 e. The number of nitrogens with one attached hydrogen (secondary N) is 1. The van der Waals surface area contributed by atoms with E-state index in [4.69, 9.17) is 18.8 Å². The predicted octanol–water partition coefficient (Wildman–Crippen LogP) is 12.0. The number of rotatable bonds is 4. The first-order valence-corrected chi connectivity index (χ1v) is 17.8. The van der Waals surface area contributed by atoms with Crippen molar-refractivity contribution in [3.63, 3.8) is 0 Å². The summed E-state index contributed by atoms with van der Waals surface area (Å²) >= 11 is 1.84. The number of fused-ring (bicyclic) bond motifs is 9. The van der Waals surface area contributed by atoms with Crippen LogP contribution >= 0.6 is 11.3 Å². The maximum absolute atomic E-state index is 6.59. The predicted molar refractivity (Wildman–Crippen MR) is 211 cm³/mol. The van der Waals surface area contributed by atoms with E-state index in [2.05, 4.69) is 108 Å². The second-order valence-corrected chi connectivity index (χ2v) is 14.0. The lowest BCUT2D eigenvalue weighted by Crippen LogP contribution is -2.33. The fourth-order valence-corrected chi connectivity index (χ4v) is 8.86. The minimum Gasteiger partial charge on any atom is -0.456 e. The van der Waals surface area contributed by atoms with Gasteiger partial charge >= 0.3 is 0 Å². The Kier molecular flexibility index (Phi) is 6.12. The second kappa shape index (κ2) is 11.0. The highest BCUT2D eigenvalue weighted by molar-refractivity contribution is 7.26. The lowest BCUT2D eigenvalue weighted by Gasteiger charge is -2.24. The van der Waals surface area contributed by atoms with E-state index in [1.165, 1.54) is 25.7 Å². The number of amidine groups is 2. The van der Waals surface area contributed by atoms with Gasteiger partial charge in [-0.25, -0.2) is 9.98 Å². The molecule has 1 N–H and O–H groups in total. The number of aliphatic imine (C=N–C) groups is 2. The Labute approximate surface area is 295 Å². The molecule has 51 heavy (non-hydrogen) atoms. The van der Waals surface area contributed by atoms with E-state index in [9.17, 15) is 0 Å². The van der Waals surface area contributed by atoms with Gasteiger partial charge in [0.05, 0.1) is 0 Å². The summed E-state index contributed by atoms with van der Waals surface area (Å²) in [5.74, 6) is 1.40. The molecule has 0 saturated heterocycles. The summed E-state index contributed by atoms with van der Waals surface area (Å²) in [5.41, 5.74) is 8.56. The molecule has 5 nitrogen and oxygen atoms in total. The minimum absolute atomic E-state index is 0.398. The molecule has 0 saturated carbocycles. The largest absolute Gasteiger partial charge is 0.456 e. The van der Waals surface area contributed by atoms with E-state index in [0.717, 1.165) is 72.0 Å². The van der Waals surface area contributed by atoms with Crippen LogP contribution in [0.15, 0.2) is 170 Å². The first-order chi connectivity index (χ1) is 25.3. The molecule has 10 aromatic rings. The second-order valence-electron chi connectivity index (χ2n) is 12.9. The zero-order chi connectivity index (χ0) is 33.5. The number of thiophene rings is 1. The third-order valence-electron chi connectivity index (χ3n) is 9.97. The Morgan fingerprint density at radius 2 is 1.16 bits per heavy atom. The number of para-hydroxylation sites is 1. The maximum atomic E-state index is 6.59. The summed E-state index contributed by atoms with van der Waals surface area (Å²) in [4.78, 5) is 10.5. The molecule has 0 radical (unpaired) electrons. The van der Waals surface area contributed by atoms with Gasteiger partial charge in [0.2, 0.25) is 0 Å². The highest BCUT2D eigenvalue weighted by Crippen LogP contribution is 2.45. The van der Waals surface area contributed by atoms with Crippen molar-refractivity contribution in [1.82, 2.24) is 5.32 Å². The standard InChI is InChI=1S/C45H27N3O2S/c1-2-11-26(12-3-1)43-46-44(27-23-24-29-28-13-4-6-19-35(28)49-38(29)25-27)48-45(47-43)34-18-10-21-37-41(34)40-31(15-9-20-36(40)50-37)33-17-8-16-32-30-14-5-7-22-39(30)51-42(32)33/h1-25,44H,(H,46,47,48). The van der Waals surface area contributed by atoms with Gasteiger partial charge in [-0.15, -0.1) is 11.3 Å². The van der Waals surface area contributed by atoms with Gasteiger partial charge in [-0.05, 0) is 35.9 Å². The summed E-state index contributed by atoms with van der Waals surface area (Å²) in [7, 11) is 0. The molecule has 0 aliphatic carbocycles. The molecule has 1 aliphatic rings. The molecule has 3 aromatic heterocycles. The van der Waals surface area contributed by atoms with Crippen molar-refractivity contribution in [2.24, 2.45) is 9.98 Å². The first kappa shape index (κ1) is 28.3. The smallest absolute Gasteiger partial charge is 0.160 e. The van der Waals surface area contributed by atoms with Crippen LogP contribution in [0.1, 0.15) is 22.9 Å². The molecule has 4 heterocycles. The fraction of sp³-hybridized carbons (Fsp3) is 0.0222. The van der Waals surface area contributed by atoms with Gasteiger partial charge in [0.25, 0.3) is 0 Å². The van der Waals surface area contributed by atoms with Crippen LogP contribution < -0.4 is 5.32 Å². The van der Waals surface area contributed by atoms with E-state index < -0.39 is 6.17 Å². The molecule has 7 aromatic carbocycles. The topological polar surface area (TPSA) is 63.0 Å². The summed E-state index contributed by atoms with van der Waals surface area (Å²) in [6.07, 6.45) is -0.398. The monoisotopic (exact) mass is 673 g/mol. The van der Waals surface area contributed by atoms with Crippen molar-refractivity contribution in [2.45, 2.75) is 6.17 Å². The molecular formula is C45H27N3O2S. The molecule has 0 bridgehead atoms. The molecule has 0 amide bonds. The van der Waals surface area contributed by atoms with Crippen molar-refractivity contribution in [1.29, 1.82) is 0 Å². The fourth-order valence-electron chi connectivity index (χ4n) is 7.63. The third-order valence-corrected chi connectivity index (χ3v) is 11.2. The summed E-state index contributed by atoms with van der Waals surface area (Å²) in [6.45, 7) is 0. The molecule has 11 rings (SSSR count). The average molecular weight is 674 g/mol. The SMILES string of the molecule is c1ccc(C2=NC(c3cccc4oc5cccc(-c6cccc7c6sc6ccccc67)c5c34)=NC(c3ccc4c(c3)oc3ccccc34)N2)cc1. The van der Waals surface area contributed by atoms with Crippen molar-refractivity contribution in [3.05, 3.63) is 168 Å². The normalized spacial score (nSPS) is 14.9. The van der Waals surface area contributed by atoms with E-state index >= 15 is 0 Å². The lowest BCUT2D eigenvalue weighted by molar-refractivity contribution is 0.655. The molecule has 1 aliphatic heterocycles. The quantitative estimate of drug-likeness (QED) is 0.202. The first-order valence-electron chi connectivity index (χ1n) is 17.0. The van der Waals surface area contributed by atoms with E-state index in [-0.39, 0.29) is 0 Å². The lowest BCUT2D eigenvalue weighted by atomic mass is 9.95. The minimum atomic E-state index is -0.398. The van der Waals surface area contributed by atoms with Gasteiger partial charge in [-0.1, -0.05) is 121 Å². The Balaban J connectivity index is 1.14. The van der Waals surface area contributed by atoms with Crippen LogP contribution in [-0.4, -0.2) is 11.7 Å². The molecule has 6 heteroatoms. The van der Waals surface area contributed by atoms with Gasteiger partial charge in [0.1, 0.15) is 34.3 Å². The highest BCUT2D eigenvalue weighted by Gasteiger charge is 2.25. The van der Waals surface area contributed by atoms with Crippen molar-refractivity contribution >= 4 is 87.1 Å². The number of nitrogens with zero attached hydrogens (tertiary/aromatic N) is 2. The summed E-state index contributed by atoms with van der Waals surface area (Å²) in [5, 5.41) is 10.4. The number of hydrogen-bond donors (Lipinski definition) is 1. The van der Waals surface area contributed by atoms with E-state index in [0.29, 0.717) is 5.84 Å². The Hall–Kier alpha value is -6.50. The number of hydrogen-bond acceptors (Lipinski definition) is 6. The van der Waals surface area contributed by atoms with Crippen molar-refractivity contribution in [2.75, 3.05) is 0 Å². The van der Waals surface area contributed by atoms with Crippen LogP contribution in [-0.2, 0) is 0 Å². The number of benzene rings is 7. The average Bonchev–Trinajstić information content (AvgIpc) is 3.89. The Morgan fingerprint density at radius 1 is 0.510 bits per heavy atom. The molecule has 0 fully saturated rings. The van der Waals surface area contributed by atoms with Crippen LogP contribution in [0.5, 0.6) is 0 Å². The molecule has 0 spiro atoms. The van der Waals surface area contributed by atoms with Crippen LogP contribution in [0.4, 0.5) is 0 Å². The molecule has 1 unspecified atom stereocenters. The molecule has 240 valence electrons. The zero-order valence-corrected chi connectivity index (χ0v) is 27.9. The third kappa shape index (κ3) is 4.40. The van der Waals surface area contributed by atoms with Crippen LogP contribution in [0.2, 0.25) is 0 Å². The highest BCUT2D eigenvalue weighted by atomic mass is 32.1. The van der Waals surface area contributed by atoms with Gasteiger partial charge < -0.3 is 14.2 Å². The van der Waals surface area contributed by atoms with Crippen LogP contribution in [0, 0.1) is 0 Å². The Morgan fingerprint density at radius 3 is 2.04 bits per heavy atom. The van der Waals surface area contributed by atoms with Gasteiger partial charge in [-0.2, -0.15) is 0 Å². The Bertz CT molecular complexity index is 3070. The summed E-state index contributed by atoms with van der Waals surface area (Å²) < 4.78 is 15.4. The van der Waals surface area contributed by atoms with Gasteiger partial charge in [0.15, 0.2) is 5.84 Å². The number of furan rings is 2. The zero-order valence-electron chi connectivity index (χ0n) is 27.1. The molecular weight excluding hydrogens is 647 g/mol. The van der Waals surface area contributed by atoms with Crippen LogP contribution in [0.25, 0.3) is 75.2 Å². The van der Waals surface area contributed by atoms with E-state index in [1.54, 1.807) is 0 Å². The van der Waals surface area contributed by atoms with E-state index in [1.807, 2.05) is 59.9 Å². The van der Waals surface area contributed by atoms with Crippen LogP contribution in [0.3, 0.4) is 0 Å². The van der Waals surface area contributed by atoms with Gasteiger partial charge in [0, 0.05) is 64.0 Å². The van der Waals surface area contributed by atoms with Crippen molar-refractivity contribution in [3.8, 4) is 11.1 Å². The summed E-state index contributed by atoms with van der Waals surface area (Å²) in [6, 6.07) is 52.6. The van der Waals surface area contributed by atoms with Crippen molar-refractivity contribution < 1.29 is 8.83 Å². The molecule has 1 atom stereocenters.